The van der Waals surface area contributed by atoms with E-state index in [1.807, 2.05) is 24.3 Å². The first kappa shape index (κ1) is 17.6. The minimum absolute atomic E-state index is 0.0119. The average Bonchev–Trinajstić information content (AvgIpc) is 3.13. The molecule has 1 amide bonds. The second kappa shape index (κ2) is 7.37. The van der Waals surface area contributed by atoms with Crippen molar-refractivity contribution >= 4 is 34.0 Å². The van der Waals surface area contributed by atoms with Crippen LogP contribution in [0.15, 0.2) is 24.3 Å². The molecule has 132 valence electrons. The summed E-state index contributed by atoms with van der Waals surface area (Å²) < 4.78 is 25.7. The van der Waals surface area contributed by atoms with E-state index in [0.29, 0.717) is 29.9 Å². The molecule has 1 aromatic carbocycles. The van der Waals surface area contributed by atoms with Crippen molar-refractivity contribution < 1.29 is 13.4 Å². The molecule has 3 rings (SSSR count). The van der Waals surface area contributed by atoms with E-state index < -0.39 is 22.2 Å². The summed E-state index contributed by atoms with van der Waals surface area (Å²) >= 11 is 5.91. The molecule has 0 radical (unpaired) electrons. The van der Waals surface area contributed by atoms with Crippen LogP contribution in [0.3, 0.4) is 0 Å². The van der Waals surface area contributed by atoms with Crippen LogP contribution < -0.4 is 10.6 Å². The number of nitrogens with two attached hydrogens (primary N) is 1. The van der Waals surface area contributed by atoms with Crippen molar-refractivity contribution in [1.82, 2.24) is 4.90 Å². The van der Waals surface area contributed by atoms with Crippen LogP contribution in [0.4, 0.5) is 10.1 Å². The zero-order valence-corrected chi connectivity index (χ0v) is 14.8. The highest BCUT2D eigenvalue weighted by molar-refractivity contribution is 7.86. The van der Waals surface area contributed by atoms with Crippen LogP contribution in [-0.4, -0.2) is 59.0 Å². The first-order chi connectivity index (χ1) is 11.5. The summed E-state index contributed by atoms with van der Waals surface area (Å²) in [6.07, 6.45) is 0. The summed E-state index contributed by atoms with van der Waals surface area (Å²) in [6, 6.07) is 7.70. The topological polar surface area (TPSA) is 66.6 Å². The largest absolute Gasteiger partial charge is 0.371 e. The van der Waals surface area contributed by atoms with E-state index in [2.05, 4.69) is 4.90 Å². The smallest absolute Gasteiger partial charge is 0.270 e. The third-order valence-corrected chi connectivity index (χ3v) is 6.29. The number of alkyl halides is 1. The number of hydrogen-bond acceptors (Lipinski definition) is 4. The number of carbonyl (C=O) groups excluding carboxylic acids is 1. The SMILES string of the molecule is NCCS(=O)C(F)C(=O)N1C[C@@H]2CN(c3ccc(Cl)cc3)C[C@@H]2C1. The Balaban J connectivity index is 1.57. The van der Waals surface area contributed by atoms with E-state index in [9.17, 15) is 13.4 Å². The van der Waals surface area contributed by atoms with Gasteiger partial charge in [-0.05, 0) is 24.3 Å². The van der Waals surface area contributed by atoms with Gasteiger partial charge in [0.2, 0.25) is 0 Å². The fourth-order valence-corrected chi connectivity index (χ4v) is 4.45. The number of nitrogens with zero attached hydrogens (tertiary/aromatic N) is 2. The summed E-state index contributed by atoms with van der Waals surface area (Å²) in [7, 11) is -1.84. The van der Waals surface area contributed by atoms with Crippen LogP contribution in [0.2, 0.25) is 5.02 Å². The third-order valence-electron chi connectivity index (χ3n) is 4.73. The highest BCUT2D eigenvalue weighted by atomic mass is 35.5. The number of carbonyl (C=O) groups is 1. The molecular formula is C16H21ClFN3O2S. The van der Waals surface area contributed by atoms with Gasteiger partial charge in [-0.25, -0.2) is 4.39 Å². The van der Waals surface area contributed by atoms with Crippen LogP contribution in [-0.2, 0) is 15.6 Å². The monoisotopic (exact) mass is 373 g/mol. The molecule has 1 aromatic rings. The summed E-state index contributed by atoms with van der Waals surface area (Å²) in [5.41, 5.74) is 4.43. The maximum atomic E-state index is 14.0. The molecule has 2 aliphatic heterocycles. The fraction of sp³-hybridized carbons (Fsp3) is 0.562. The minimum Gasteiger partial charge on any atom is -0.371 e. The van der Waals surface area contributed by atoms with E-state index >= 15 is 0 Å². The first-order valence-electron chi connectivity index (χ1n) is 8.00. The molecule has 2 saturated heterocycles. The van der Waals surface area contributed by atoms with Gasteiger partial charge in [-0.1, -0.05) is 11.6 Å². The normalized spacial score (nSPS) is 25.6. The van der Waals surface area contributed by atoms with Gasteiger partial charge in [-0.3, -0.25) is 9.00 Å². The van der Waals surface area contributed by atoms with Crippen molar-refractivity contribution in [3.8, 4) is 0 Å². The van der Waals surface area contributed by atoms with E-state index in [4.69, 9.17) is 17.3 Å². The molecule has 0 saturated carbocycles. The van der Waals surface area contributed by atoms with Crippen LogP contribution in [0, 0.1) is 11.8 Å². The van der Waals surface area contributed by atoms with Crippen molar-refractivity contribution in [2.75, 3.05) is 43.4 Å². The van der Waals surface area contributed by atoms with Crippen molar-refractivity contribution in [2.45, 2.75) is 5.50 Å². The molecule has 0 aliphatic carbocycles. The second-order valence-corrected chi connectivity index (χ2v) is 8.35. The lowest BCUT2D eigenvalue weighted by atomic mass is 10.0. The van der Waals surface area contributed by atoms with Crippen LogP contribution in [0.5, 0.6) is 0 Å². The molecular weight excluding hydrogens is 353 g/mol. The third kappa shape index (κ3) is 3.58. The Labute approximate surface area is 148 Å². The van der Waals surface area contributed by atoms with Gasteiger partial charge in [-0.15, -0.1) is 0 Å². The predicted octanol–water partition coefficient (Wildman–Crippen LogP) is 1.24. The summed E-state index contributed by atoms with van der Waals surface area (Å²) in [4.78, 5) is 16.0. The van der Waals surface area contributed by atoms with Gasteiger partial charge in [0.05, 0.1) is 10.8 Å². The molecule has 0 aromatic heterocycles. The minimum atomic E-state index is -1.96. The fourth-order valence-electron chi connectivity index (χ4n) is 3.51. The lowest BCUT2D eigenvalue weighted by Gasteiger charge is -2.24. The quantitative estimate of drug-likeness (QED) is 0.843. The highest BCUT2D eigenvalue weighted by Gasteiger charge is 2.43. The maximum Gasteiger partial charge on any atom is 0.270 e. The van der Waals surface area contributed by atoms with Crippen molar-refractivity contribution in [3.63, 3.8) is 0 Å². The van der Waals surface area contributed by atoms with E-state index in [1.165, 1.54) is 4.90 Å². The van der Waals surface area contributed by atoms with Crippen molar-refractivity contribution in [3.05, 3.63) is 29.3 Å². The van der Waals surface area contributed by atoms with Gasteiger partial charge in [0.25, 0.3) is 11.4 Å². The maximum absolute atomic E-state index is 14.0. The lowest BCUT2D eigenvalue weighted by molar-refractivity contribution is -0.132. The predicted molar refractivity (Wildman–Crippen MR) is 94.2 cm³/mol. The molecule has 8 heteroatoms. The Morgan fingerprint density at radius 3 is 2.38 bits per heavy atom. The van der Waals surface area contributed by atoms with Gasteiger partial charge in [0.15, 0.2) is 0 Å². The van der Waals surface area contributed by atoms with Crippen LogP contribution >= 0.6 is 11.6 Å². The Morgan fingerprint density at radius 1 is 1.25 bits per heavy atom. The number of anilines is 1. The zero-order chi connectivity index (χ0) is 17.3. The molecule has 2 N–H and O–H groups in total. The molecule has 2 unspecified atom stereocenters. The number of amides is 1. The Bertz CT molecular complexity index is 616. The summed E-state index contributed by atoms with van der Waals surface area (Å²) in [6.45, 7) is 2.82. The van der Waals surface area contributed by atoms with E-state index in [1.54, 1.807) is 0 Å². The Hall–Kier alpha value is -1.18. The number of fused-ring (bicyclic) bond motifs is 1. The number of halogens is 2. The van der Waals surface area contributed by atoms with Gasteiger partial charge >= 0.3 is 0 Å². The average molecular weight is 374 g/mol. The second-order valence-electron chi connectivity index (χ2n) is 6.33. The lowest BCUT2D eigenvalue weighted by Crippen LogP contribution is -2.40. The number of likely N-dealkylation sites (tertiary alicyclic amines) is 1. The van der Waals surface area contributed by atoms with Crippen LogP contribution in [0.1, 0.15) is 0 Å². The highest BCUT2D eigenvalue weighted by Crippen LogP contribution is 2.34. The molecule has 2 fully saturated rings. The Kier molecular flexibility index (Phi) is 5.42. The zero-order valence-electron chi connectivity index (χ0n) is 13.2. The van der Waals surface area contributed by atoms with E-state index in [0.717, 1.165) is 18.8 Å². The van der Waals surface area contributed by atoms with Gasteiger partial charge in [0, 0.05) is 61.0 Å². The van der Waals surface area contributed by atoms with Crippen LogP contribution in [0.25, 0.3) is 0 Å². The summed E-state index contributed by atoms with van der Waals surface area (Å²) in [5.74, 6) is -0.00780. The molecule has 0 spiro atoms. The van der Waals surface area contributed by atoms with Gasteiger partial charge < -0.3 is 15.5 Å². The molecule has 4 atom stereocenters. The molecule has 2 aliphatic rings. The van der Waals surface area contributed by atoms with E-state index in [-0.39, 0.29) is 12.3 Å². The number of rotatable bonds is 5. The van der Waals surface area contributed by atoms with Crippen molar-refractivity contribution in [2.24, 2.45) is 17.6 Å². The van der Waals surface area contributed by atoms with Gasteiger partial charge in [0.1, 0.15) is 0 Å². The number of hydrogen-bond donors (Lipinski definition) is 1. The molecule has 24 heavy (non-hydrogen) atoms. The summed E-state index contributed by atoms with van der Waals surface area (Å²) in [5, 5.41) is 0.703. The van der Waals surface area contributed by atoms with Gasteiger partial charge in [-0.2, -0.15) is 0 Å². The standard InChI is InChI=1S/C16H21ClFN3O2S/c17-13-1-3-14(4-2-13)20-7-11-9-21(10-12(11)8-20)16(22)15(18)24(23)6-5-19/h1-4,11-12,15H,5-10,19H2/t11-,12+,15?,24?. The first-order valence-corrected chi connectivity index (χ1v) is 9.76. The molecule has 2 heterocycles. The molecule has 0 bridgehead atoms. The Morgan fingerprint density at radius 2 is 1.83 bits per heavy atom. The van der Waals surface area contributed by atoms with Crippen molar-refractivity contribution in [1.29, 1.82) is 0 Å². The molecule has 5 nitrogen and oxygen atoms in total. The number of benzene rings is 1.